The number of aryl methyl sites for hydroxylation is 2. The van der Waals surface area contributed by atoms with Crippen LogP contribution in [-0.2, 0) is 6.54 Å². The summed E-state index contributed by atoms with van der Waals surface area (Å²) < 4.78 is 1.73. The molecular weight excluding hydrogens is 246 g/mol. The average molecular weight is 261 g/mol. The Morgan fingerprint density at radius 3 is 3.05 bits per heavy atom. The monoisotopic (exact) mass is 261 g/mol. The van der Waals surface area contributed by atoms with Crippen molar-refractivity contribution in [1.82, 2.24) is 20.0 Å². The molecule has 100 valence electrons. The fourth-order valence-corrected chi connectivity index (χ4v) is 1.69. The first-order valence-corrected chi connectivity index (χ1v) is 5.95. The Labute approximate surface area is 110 Å². The van der Waals surface area contributed by atoms with E-state index in [4.69, 9.17) is 5.11 Å². The Balaban J connectivity index is 1.91. The third kappa shape index (κ3) is 3.51. The van der Waals surface area contributed by atoms with Crippen LogP contribution in [0.15, 0.2) is 24.7 Å². The Kier molecular flexibility index (Phi) is 4.07. The Morgan fingerprint density at radius 1 is 1.53 bits per heavy atom. The summed E-state index contributed by atoms with van der Waals surface area (Å²) in [5.41, 5.74) is 1.56. The number of aromatic nitrogens is 4. The maximum absolute atomic E-state index is 11.1. The number of pyridine rings is 1. The lowest BCUT2D eigenvalue weighted by Crippen LogP contribution is -2.11. The molecule has 0 fully saturated rings. The summed E-state index contributed by atoms with van der Waals surface area (Å²) in [6, 6.07) is 1.74. The number of carbonyl (C=O) groups is 1. The highest BCUT2D eigenvalue weighted by atomic mass is 16.4. The predicted molar refractivity (Wildman–Crippen MR) is 69.1 cm³/mol. The van der Waals surface area contributed by atoms with E-state index in [-0.39, 0.29) is 5.56 Å². The topological polar surface area (TPSA) is 92.9 Å². The quantitative estimate of drug-likeness (QED) is 0.758. The number of aromatic carboxylic acids is 1. The number of nitrogens with zero attached hydrogens (tertiary/aromatic N) is 4. The molecule has 0 atom stereocenters. The number of hydrogen-bond acceptors (Lipinski definition) is 5. The molecule has 0 aliphatic carbocycles. The Morgan fingerprint density at radius 2 is 2.37 bits per heavy atom. The van der Waals surface area contributed by atoms with Crippen LogP contribution in [0.4, 0.5) is 5.69 Å². The van der Waals surface area contributed by atoms with Gasteiger partial charge in [-0.3, -0.25) is 9.67 Å². The van der Waals surface area contributed by atoms with Crippen molar-refractivity contribution >= 4 is 11.7 Å². The molecule has 0 aliphatic rings. The van der Waals surface area contributed by atoms with Crippen molar-refractivity contribution in [1.29, 1.82) is 0 Å². The van der Waals surface area contributed by atoms with Crippen LogP contribution in [0.3, 0.4) is 0 Å². The van der Waals surface area contributed by atoms with Gasteiger partial charge in [-0.15, -0.1) is 5.10 Å². The second kappa shape index (κ2) is 5.94. The lowest BCUT2D eigenvalue weighted by molar-refractivity contribution is 0.0697. The van der Waals surface area contributed by atoms with E-state index in [9.17, 15) is 4.79 Å². The summed E-state index contributed by atoms with van der Waals surface area (Å²) in [7, 11) is 0. The van der Waals surface area contributed by atoms with Gasteiger partial charge in [0.1, 0.15) is 5.56 Å². The minimum Gasteiger partial charge on any atom is -0.478 e. The second-order valence-electron chi connectivity index (χ2n) is 4.12. The molecule has 0 saturated carbocycles. The molecule has 0 radical (unpaired) electrons. The van der Waals surface area contributed by atoms with Crippen molar-refractivity contribution in [3.63, 3.8) is 0 Å². The van der Waals surface area contributed by atoms with Crippen LogP contribution in [-0.4, -0.2) is 37.6 Å². The van der Waals surface area contributed by atoms with Gasteiger partial charge in [-0.05, 0) is 19.4 Å². The van der Waals surface area contributed by atoms with Crippen molar-refractivity contribution in [2.45, 2.75) is 19.9 Å². The van der Waals surface area contributed by atoms with Crippen LogP contribution in [0.5, 0.6) is 0 Å². The van der Waals surface area contributed by atoms with Gasteiger partial charge < -0.3 is 10.4 Å². The molecule has 7 nitrogen and oxygen atoms in total. The molecule has 2 rings (SSSR count). The van der Waals surface area contributed by atoms with Crippen molar-refractivity contribution in [3.8, 4) is 0 Å². The van der Waals surface area contributed by atoms with Gasteiger partial charge in [0.05, 0.1) is 11.9 Å². The number of carboxylic acid groups (broad SMARTS) is 1. The zero-order chi connectivity index (χ0) is 13.7. The summed E-state index contributed by atoms with van der Waals surface area (Å²) >= 11 is 0. The van der Waals surface area contributed by atoms with Gasteiger partial charge in [-0.25, -0.2) is 4.79 Å². The molecule has 2 aromatic heterocycles. The molecule has 0 aliphatic heterocycles. The molecule has 0 amide bonds. The summed E-state index contributed by atoms with van der Waals surface area (Å²) in [5, 5.41) is 19.7. The van der Waals surface area contributed by atoms with Gasteiger partial charge in [0.2, 0.25) is 0 Å². The van der Waals surface area contributed by atoms with Crippen LogP contribution >= 0.6 is 0 Å². The SMILES string of the molecule is Cc1cc(NCCCn2ccnn2)c(C(=O)O)cn1. The van der Waals surface area contributed by atoms with Gasteiger partial charge in [0.25, 0.3) is 0 Å². The summed E-state index contributed by atoms with van der Waals surface area (Å²) in [6.45, 7) is 3.22. The molecule has 2 heterocycles. The van der Waals surface area contributed by atoms with Gasteiger partial charge in [0.15, 0.2) is 0 Å². The zero-order valence-electron chi connectivity index (χ0n) is 10.6. The average Bonchev–Trinajstić information content (AvgIpc) is 2.87. The molecule has 2 N–H and O–H groups in total. The Bertz CT molecular complexity index is 553. The number of rotatable bonds is 6. The molecule has 0 aromatic carbocycles. The summed E-state index contributed by atoms with van der Waals surface area (Å²) in [6.07, 6.45) is 5.61. The largest absolute Gasteiger partial charge is 0.478 e. The van der Waals surface area contributed by atoms with Crippen LogP contribution in [0.2, 0.25) is 0 Å². The number of carboxylic acids is 1. The fourth-order valence-electron chi connectivity index (χ4n) is 1.69. The lowest BCUT2D eigenvalue weighted by atomic mass is 10.2. The number of nitrogens with one attached hydrogen (secondary N) is 1. The van der Waals surface area contributed by atoms with E-state index < -0.39 is 5.97 Å². The lowest BCUT2D eigenvalue weighted by Gasteiger charge is -2.09. The standard InChI is InChI=1S/C12H15N5O2/c1-9-7-11(10(8-14-9)12(18)19)13-3-2-5-17-6-4-15-16-17/h4,6-8H,2-3,5H2,1H3,(H,13,14)(H,18,19). The molecule has 0 unspecified atom stereocenters. The molecule has 7 heteroatoms. The molecule has 0 spiro atoms. The third-order valence-corrected chi connectivity index (χ3v) is 2.62. The molecule has 19 heavy (non-hydrogen) atoms. The van der Waals surface area contributed by atoms with Crippen molar-refractivity contribution < 1.29 is 9.90 Å². The summed E-state index contributed by atoms with van der Waals surface area (Å²) in [4.78, 5) is 15.0. The van der Waals surface area contributed by atoms with E-state index in [2.05, 4.69) is 20.6 Å². The van der Waals surface area contributed by atoms with E-state index in [0.29, 0.717) is 12.2 Å². The van der Waals surface area contributed by atoms with Crippen LogP contribution in [0.1, 0.15) is 22.5 Å². The second-order valence-corrected chi connectivity index (χ2v) is 4.12. The van der Waals surface area contributed by atoms with Gasteiger partial charge in [-0.2, -0.15) is 0 Å². The van der Waals surface area contributed by atoms with E-state index >= 15 is 0 Å². The molecule has 0 saturated heterocycles. The minimum atomic E-state index is -0.980. The van der Waals surface area contributed by atoms with Gasteiger partial charge >= 0.3 is 5.97 Å². The van der Waals surface area contributed by atoms with E-state index in [1.54, 1.807) is 23.1 Å². The van der Waals surface area contributed by atoms with Gasteiger partial charge in [-0.1, -0.05) is 5.21 Å². The van der Waals surface area contributed by atoms with E-state index in [0.717, 1.165) is 18.7 Å². The highest BCUT2D eigenvalue weighted by Gasteiger charge is 2.10. The predicted octanol–water partition coefficient (Wildman–Crippen LogP) is 1.18. The maximum atomic E-state index is 11.1. The maximum Gasteiger partial charge on any atom is 0.339 e. The molecule has 0 bridgehead atoms. The normalized spacial score (nSPS) is 10.4. The van der Waals surface area contributed by atoms with Crippen molar-refractivity contribution in [3.05, 3.63) is 35.9 Å². The van der Waals surface area contributed by atoms with Gasteiger partial charge in [0, 0.05) is 31.2 Å². The fraction of sp³-hybridized carbons (Fsp3) is 0.333. The number of anilines is 1. The third-order valence-electron chi connectivity index (χ3n) is 2.62. The van der Waals surface area contributed by atoms with Crippen molar-refractivity contribution in [2.75, 3.05) is 11.9 Å². The first-order chi connectivity index (χ1) is 9.16. The first kappa shape index (κ1) is 13.0. The zero-order valence-corrected chi connectivity index (χ0v) is 10.6. The minimum absolute atomic E-state index is 0.186. The smallest absolute Gasteiger partial charge is 0.339 e. The van der Waals surface area contributed by atoms with E-state index in [1.165, 1.54) is 6.20 Å². The molecular formula is C12H15N5O2. The number of hydrogen-bond donors (Lipinski definition) is 2. The first-order valence-electron chi connectivity index (χ1n) is 5.95. The Hall–Kier alpha value is -2.44. The highest BCUT2D eigenvalue weighted by Crippen LogP contribution is 2.15. The summed E-state index contributed by atoms with van der Waals surface area (Å²) in [5.74, 6) is -0.980. The highest BCUT2D eigenvalue weighted by molar-refractivity contribution is 5.93. The molecule has 2 aromatic rings. The van der Waals surface area contributed by atoms with Crippen LogP contribution < -0.4 is 5.32 Å². The van der Waals surface area contributed by atoms with Crippen LogP contribution in [0.25, 0.3) is 0 Å². The van der Waals surface area contributed by atoms with E-state index in [1.807, 2.05) is 6.92 Å². The van der Waals surface area contributed by atoms with Crippen LogP contribution in [0, 0.1) is 6.92 Å². The van der Waals surface area contributed by atoms with Crippen molar-refractivity contribution in [2.24, 2.45) is 0 Å².